The minimum absolute atomic E-state index is 0.122. The van der Waals surface area contributed by atoms with Crippen LogP contribution in [0.5, 0.6) is 17.2 Å². The van der Waals surface area contributed by atoms with E-state index >= 15 is 0 Å². The molecule has 3 nitrogen and oxygen atoms in total. The van der Waals surface area contributed by atoms with Crippen LogP contribution in [0.2, 0.25) is 0 Å². The number of rotatable bonds is 9. The molecule has 0 atom stereocenters. The van der Waals surface area contributed by atoms with Crippen LogP contribution in [0, 0.1) is 10.8 Å². The Balaban J connectivity index is 1.95. The van der Waals surface area contributed by atoms with Gasteiger partial charge in [0.15, 0.2) is 11.5 Å². The van der Waals surface area contributed by atoms with E-state index in [1.807, 2.05) is 0 Å². The molecule has 1 fully saturated rings. The summed E-state index contributed by atoms with van der Waals surface area (Å²) in [6.07, 6.45) is 11.0. The summed E-state index contributed by atoms with van der Waals surface area (Å²) in [6.45, 7) is 9.09. The van der Waals surface area contributed by atoms with Gasteiger partial charge in [-0.05, 0) is 73.8 Å². The van der Waals surface area contributed by atoms with Crippen LogP contribution in [-0.2, 0) is 12.8 Å². The summed E-state index contributed by atoms with van der Waals surface area (Å²) >= 11 is 0. The van der Waals surface area contributed by atoms with E-state index in [4.69, 9.17) is 0 Å². The lowest BCUT2D eigenvalue weighted by Crippen LogP contribution is -2.05. The van der Waals surface area contributed by atoms with Crippen molar-refractivity contribution in [2.24, 2.45) is 10.8 Å². The summed E-state index contributed by atoms with van der Waals surface area (Å²) in [5.74, 6) is -0.705. The Kier molecular flexibility index (Phi) is 6.29. The first kappa shape index (κ1) is 19.9. The Morgan fingerprint density at radius 2 is 1.56 bits per heavy atom. The van der Waals surface area contributed by atoms with Crippen molar-refractivity contribution in [3.8, 4) is 17.2 Å². The second kappa shape index (κ2) is 7.88. The van der Waals surface area contributed by atoms with Gasteiger partial charge in [-0.1, -0.05) is 40.5 Å². The van der Waals surface area contributed by atoms with Crippen molar-refractivity contribution in [1.29, 1.82) is 0 Å². The SMILES string of the molecule is CC(C)(C)CCCCc1cc(O)c(O)c(O)c1CCCCC1(C)CC1. The summed E-state index contributed by atoms with van der Waals surface area (Å²) in [5.41, 5.74) is 2.71. The molecular formula is C22H36O3. The molecule has 3 N–H and O–H groups in total. The van der Waals surface area contributed by atoms with Crippen LogP contribution >= 0.6 is 0 Å². The van der Waals surface area contributed by atoms with E-state index in [1.165, 1.54) is 19.3 Å². The van der Waals surface area contributed by atoms with Crippen molar-refractivity contribution in [1.82, 2.24) is 0 Å². The first-order valence-corrected chi connectivity index (χ1v) is 9.87. The molecule has 0 heterocycles. The van der Waals surface area contributed by atoms with Crippen molar-refractivity contribution in [3.63, 3.8) is 0 Å². The van der Waals surface area contributed by atoms with Gasteiger partial charge in [-0.2, -0.15) is 0 Å². The zero-order chi connectivity index (χ0) is 18.7. The maximum absolute atomic E-state index is 10.3. The van der Waals surface area contributed by atoms with Crippen LogP contribution in [0.15, 0.2) is 6.07 Å². The van der Waals surface area contributed by atoms with Crippen molar-refractivity contribution < 1.29 is 15.3 Å². The first-order valence-electron chi connectivity index (χ1n) is 9.87. The van der Waals surface area contributed by atoms with Gasteiger partial charge in [-0.25, -0.2) is 0 Å². The summed E-state index contributed by atoms with van der Waals surface area (Å²) in [4.78, 5) is 0. The van der Waals surface area contributed by atoms with Crippen LogP contribution < -0.4 is 0 Å². The predicted octanol–water partition coefficient (Wildman–Crippen LogP) is 6.08. The highest BCUT2D eigenvalue weighted by atomic mass is 16.3. The van der Waals surface area contributed by atoms with Gasteiger partial charge < -0.3 is 15.3 Å². The number of aryl methyl sites for hydroxylation is 1. The number of hydrogen-bond donors (Lipinski definition) is 3. The summed E-state index contributed by atoms with van der Waals surface area (Å²) in [6, 6.07) is 1.64. The molecule has 142 valence electrons. The van der Waals surface area contributed by atoms with E-state index in [9.17, 15) is 15.3 Å². The van der Waals surface area contributed by atoms with E-state index in [0.29, 0.717) is 10.8 Å². The molecule has 1 saturated carbocycles. The average Bonchev–Trinajstić information content (AvgIpc) is 3.25. The minimum atomic E-state index is -0.373. The smallest absolute Gasteiger partial charge is 0.200 e. The fourth-order valence-corrected chi connectivity index (χ4v) is 3.53. The van der Waals surface area contributed by atoms with Crippen LogP contribution in [0.25, 0.3) is 0 Å². The van der Waals surface area contributed by atoms with Gasteiger partial charge in [0.25, 0.3) is 0 Å². The molecule has 25 heavy (non-hydrogen) atoms. The molecule has 0 saturated heterocycles. The second-order valence-electron chi connectivity index (χ2n) is 9.52. The number of benzene rings is 1. The standard InChI is InChI=1S/C22H36O3/c1-21(2,3)11-7-5-9-16-15-18(23)20(25)19(24)17(16)10-6-8-12-22(4)13-14-22/h15,23-25H,5-14H2,1-4H3. The minimum Gasteiger partial charge on any atom is -0.504 e. The van der Waals surface area contributed by atoms with Crippen LogP contribution in [0.3, 0.4) is 0 Å². The molecule has 1 aromatic rings. The predicted molar refractivity (Wildman–Crippen MR) is 103 cm³/mol. The van der Waals surface area contributed by atoms with Crippen LogP contribution in [0.1, 0.15) is 90.2 Å². The maximum Gasteiger partial charge on any atom is 0.200 e. The monoisotopic (exact) mass is 348 g/mol. The summed E-state index contributed by atoms with van der Waals surface area (Å²) in [7, 11) is 0. The molecule has 1 aliphatic rings. The van der Waals surface area contributed by atoms with Gasteiger partial charge >= 0.3 is 0 Å². The molecular weight excluding hydrogens is 312 g/mol. The van der Waals surface area contributed by atoms with Gasteiger partial charge in [0.1, 0.15) is 0 Å². The van der Waals surface area contributed by atoms with E-state index in [-0.39, 0.29) is 17.2 Å². The number of phenolic OH excluding ortho intramolecular Hbond substituents is 3. The highest BCUT2D eigenvalue weighted by Gasteiger charge is 2.36. The molecule has 0 bridgehead atoms. The Morgan fingerprint density at radius 3 is 2.16 bits per heavy atom. The Labute approximate surface area is 153 Å². The third kappa shape index (κ3) is 6.13. The molecule has 1 aliphatic carbocycles. The van der Waals surface area contributed by atoms with Gasteiger partial charge in [0.2, 0.25) is 5.75 Å². The number of aromatic hydroxyl groups is 3. The second-order valence-corrected chi connectivity index (χ2v) is 9.52. The summed E-state index contributed by atoms with van der Waals surface area (Å²) in [5, 5.41) is 30.1. The lowest BCUT2D eigenvalue weighted by atomic mass is 9.88. The lowest BCUT2D eigenvalue weighted by molar-refractivity contribution is 0.357. The van der Waals surface area contributed by atoms with Gasteiger partial charge in [-0.3, -0.25) is 0 Å². The van der Waals surface area contributed by atoms with Gasteiger partial charge in [0.05, 0.1) is 0 Å². The molecule has 1 aromatic carbocycles. The Bertz CT molecular complexity index is 580. The fraction of sp³-hybridized carbons (Fsp3) is 0.727. The normalized spacial score (nSPS) is 16.2. The largest absolute Gasteiger partial charge is 0.504 e. The molecule has 0 radical (unpaired) electrons. The third-order valence-corrected chi connectivity index (χ3v) is 5.63. The zero-order valence-corrected chi connectivity index (χ0v) is 16.5. The molecule has 3 heteroatoms. The van der Waals surface area contributed by atoms with Crippen LogP contribution in [-0.4, -0.2) is 15.3 Å². The molecule has 0 amide bonds. The lowest BCUT2D eigenvalue weighted by Gasteiger charge is -2.18. The Morgan fingerprint density at radius 1 is 0.920 bits per heavy atom. The van der Waals surface area contributed by atoms with Crippen LogP contribution in [0.4, 0.5) is 0 Å². The van der Waals surface area contributed by atoms with E-state index in [2.05, 4.69) is 27.7 Å². The zero-order valence-electron chi connectivity index (χ0n) is 16.5. The fourth-order valence-electron chi connectivity index (χ4n) is 3.53. The Hall–Kier alpha value is -1.38. The number of hydrogen-bond acceptors (Lipinski definition) is 3. The third-order valence-electron chi connectivity index (χ3n) is 5.63. The molecule has 0 aromatic heterocycles. The van der Waals surface area contributed by atoms with E-state index in [1.54, 1.807) is 6.07 Å². The highest BCUT2D eigenvalue weighted by Crippen LogP contribution is 2.49. The molecule has 0 aliphatic heterocycles. The highest BCUT2D eigenvalue weighted by molar-refractivity contribution is 5.57. The van der Waals surface area contributed by atoms with Gasteiger partial charge in [-0.15, -0.1) is 0 Å². The van der Waals surface area contributed by atoms with Crippen molar-refractivity contribution in [2.75, 3.05) is 0 Å². The van der Waals surface area contributed by atoms with Crippen molar-refractivity contribution in [2.45, 2.75) is 91.9 Å². The number of phenols is 3. The molecule has 0 unspecified atom stereocenters. The molecule has 2 rings (SSSR count). The quantitative estimate of drug-likeness (QED) is 0.374. The average molecular weight is 349 g/mol. The summed E-state index contributed by atoms with van der Waals surface area (Å²) < 4.78 is 0. The van der Waals surface area contributed by atoms with E-state index in [0.717, 1.165) is 56.1 Å². The van der Waals surface area contributed by atoms with Crippen molar-refractivity contribution >= 4 is 0 Å². The van der Waals surface area contributed by atoms with Gasteiger partial charge in [0, 0.05) is 5.56 Å². The topological polar surface area (TPSA) is 60.7 Å². The molecule has 0 spiro atoms. The van der Waals surface area contributed by atoms with Crippen molar-refractivity contribution in [3.05, 3.63) is 17.2 Å². The number of unbranched alkanes of at least 4 members (excludes halogenated alkanes) is 2. The maximum atomic E-state index is 10.3. The van der Waals surface area contributed by atoms with E-state index < -0.39 is 0 Å². The first-order chi connectivity index (χ1) is 11.6.